The normalized spacial score (nSPS) is 13.0. The standard InChI is InChI=1S/C78H154NO8P/c1-6-8-10-12-14-16-18-20-22-24-26-28-30-32-33-34-35-36-37-38-39-40-41-42-43-44-45-47-49-51-53-55-57-59-61-63-65-67-69-71-78(81)87-76(75-86-88(82,83)85-73-72-79(3,4)5)74-84-77(80)70-68-66-64-62-60-58-56-54-52-50-48-46-31-29-27-25-23-21-19-17-15-13-11-9-7-2/h24,26,76H,6-23,25,27-75H2,1-5H3/p+1/b26-24-. The molecular formula is C78H155NO8P+. The van der Waals surface area contributed by atoms with E-state index >= 15 is 0 Å². The second-order valence-corrected chi connectivity index (χ2v) is 29.9. The Labute approximate surface area is 549 Å². The lowest BCUT2D eigenvalue weighted by atomic mass is 10.0. The van der Waals surface area contributed by atoms with Crippen molar-refractivity contribution in [1.82, 2.24) is 0 Å². The van der Waals surface area contributed by atoms with Crippen LogP contribution in [0.4, 0.5) is 0 Å². The van der Waals surface area contributed by atoms with E-state index in [-0.39, 0.29) is 25.6 Å². The number of unbranched alkanes of at least 4 members (excludes halogenated alkanes) is 59. The molecule has 0 aromatic rings. The average Bonchev–Trinajstić information content (AvgIpc) is 3.68. The number of carbonyl (C=O) groups excluding carboxylic acids is 2. The fourth-order valence-corrected chi connectivity index (χ4v) is 13.0. The Kier molecular flexibility index (Phi) is 69.1. The molecule has 2 unspecified atom stereocenters. The third-order valence-corrected chi connectivity index (χ3v) is 19.3. The van der Waals surface area contributed by atoms with Crippen LogP contribution in [-0.4, -0.2) is 74.9 Å². The van der Waals surface area contributed by atoms with Crippen LogP contribution >= 0.6 is 7.82 Å². The molecule has 0 spiro atoms. The van der Waals surface area contributed by atoms with Crippen molar-refractivity contribution in [3.05, 3.63) is 12.2 Å². The number of phosphoric ester groups is 1. The van der Waals surface area contributed by atoms with Crippen molar-refractivity contribution in [3.63, 3.8) is 0 Å². The molecule has 2 atom stereocenters. The molecule has 524 valence electrons. The van der Waals surface area contributed by atoms with Gasteiger partial charge in [0.15, 0.2) is 6.10 Å². The first-order chi connectivity index (χ1) is 43.0. The molecule has 0 bridgehead atoms. The molecule has 88 heavy (non-hydrogen) atoms. The number of ether oxygens (including phenoxy) is 2. The van der Waals surface area contributed by atoms with Gasteiger partial charge >= 0.3 is 19.8 Å². The molecule has 0 aliphatic carbocycles. The van der Waals surface area contributed by atoms with E-state index in [2.05, 4.69) is 26.0 Å². The van der Waals surface area contributed by atoms with Crippen LogP contribution in [-0.2, 0) is 32.7 Å². The third-order valence-electron chi connectivity index (χ3n) is 18.3. The van der Waals surface area contributed by atoms with E-state index < -0.39 is 26.5 Å². The number of phosphoric acid groups is 1. The maximum Gasteiger partial charge on any atom is 0.472 e. The van der Waals surface area contributed by atoms with Crippen LogP contribution in [0.2, 0.25) is 0 Å². The fraction of sp³-hybridized carbons (Fsp3) is 0.949. The predicted octanol–water partition coefficient (Wildman–Crippen LogP) is 25.8. The Morgan fingerprint density at radius 3 is 0.841 bits per heavy atom. The number of carbonyl (C=O) groups is 2. The average molecular weight is 1270 g/mol. The summed E-state index contributed by atoms with van der Waals surface area (Å²) in [6.45, 7) is 4.53. The monoisotopic (exact) mass is 1270 g/mol. The number of hydrogen-bond acceptors (Lipinski definition) is 7. The first-order valence-electron chi connectivity index (χ1n) is 39.4. The van der Waals surface area contributed by atoms with Crippen LogP contribution in [0.1, 0.15) is 425 Å². The largest absolute Gasteiger partial charge is 0.472 e. The summed E-state index contributed by atoms with van der Waals surface area (Å²) in [6.07, 6.45) is 88.0. The summed E-state index contributed by atoms with van der Waals surface area (Å²) >= 11 is 0. The maximum absolute atomic E-state index is 12.9. The molecule has 0 aliphatic rings. The molecule has 0 heterocycles. The third kappa shape index (κ3) is 73.8. The van der Waals surface area contributed by atoms with Gasteiger partial charge in [-0.05, 0) is 38.5 Å². The topological polar surface area (TPSA) is 108 Å². The molecule has 1 N–H and O–H groups in total. The molecule has 0 rings (SSSR count). The van der Waals surface area contributed by atoms with Crippen LogP contribution in [0.25, 0.3) is 0 Å². The Morgan fingerprint density at radius 1 is 0.341 bits per heavy atom. The van der Waals surface area contributed by atoms with E-state index in [4.69, 9.17) is 18.5 Å². The Bertz CT molecular complexity index is 1490. The van der Waals surface area contributed by atoms with Gasteiger partial charge in [0.2, 0.25) is 0 Å². The molecular weight excluding hydrogens is 1110 g/mol. The number of allylic oxidation sites excluding steroid dienone is 2. The van der Waals surface area contributed by atoms with E-state index in [0.717, 1.165) is 38.5 Å². The highest BCUT2D eigenvalue weighted by molar-refractivity contribution is 7.47. The zero-order valence-corrected chi connectivity index (χ0v) is 60.9. The SMILES string of the molecule is CCCCCCCCCC/C=C\CCCCCCCCCCCCCCCCCCCCCCCCCCCCCC(=O)OC(COC(=O)CCCCCCCCCCCCCCCCCCCCCCCCCCC)COP(=O)(O)OCC[N+](C)(C)C. The Morgan fingerprint density at radius 2 is 0.580 bits per heavy atom. The van der Waals surface area contributed by atoms with Gasteiger partial charge in [0.1, 0.15) is 19.8 Å². The van der Waals surface area contributed by atoms with Gasteiger partial charge in [-0.25, -0.2) is 4.57 Å². The van der Waals surface area contributed by atoms with Crippen molar-refractivity contribution in [2.75, 3.05) is 47.5 Å². The number of likely N-dealkylation sites (N-methyl/N-ethyl adjacent to an activating group) is 1. The minimum Gasteiger partial charge on any atom is -0.462 e. The summed E-state index contributed by atoms with van der Waals surface area (Å²) in [5.74, 6) is -0.767. The van der Waals surface area contributed by atoms with Gasteiger partial charge in [-0.15, -0.1) is 0 Å². The molecule has 10 heteroatoms. The number of quaternary nitrogens is 1. The van der Waals surface area contributed by atoms with Crippen molar-refractivity contribution < 1.29 is 42.1 Å². The van der Waals surface area contributed by atoms with Crippen molar-refractivity contribution in [2.45, 2.75) is 431 Å². The zero-order valence-electron chi connectivity index (χ0n) is 60.0. The highest BCUT2D eigenvalue weighted by Crippen LogP contribution is 2.43. The van der Waals surface area contributed by atoms with Crippen LogP contribution in [0.15, 0.2) is 12.2 Å². The molecule has 9 nitrogen and oxygen atoms in total. The highest BCUT2D eigenvalue weighted by Gasteiger charge is 2.27. The molecule has 0 aromatic heterocycles. The smallest absolute Gasteiger partial charge is 0.462 e. The molecule has 0 saturated carbocycles. The number of hydrogen-bond donors (Lipinski definition) is 1. The van der Waals surface area contributed by atoms with Crippen LogP contribution in [0, 0.1) is 0 Å². The Hall–Kier alpha value is -1.25. The molecule has 0 fully saturated rings. The van der Waals surface area contributed by atoms with Gasteiger partial charge in [0.25, 0.3) is 0 Å². The quantitative estimate of drug-likeness (QED) is 0.0211. The second kappa shape index (κ2) is 70.1. The Balaban J connectivity index is 3.87. The van der Waals surface area contributed by atoms with Gasteiger partial charge in [-0.3, -0.25) is 18.6 Å². The lowest BCUT2D eigenvalue weighted by Gasteiger charge is -2.24. The lowest BCUT2D eigenvalue weighted by Crippen LogP contribution is -2.37. The van der Waals surface area contributed by atoms with Crippen molar-refractivity contribution in [2.24, 2.45) is 0 Å². The van der Waals surface area contributed by atoms with E-state index in [9.17, 15) is 19.0 Å². The molecule has 0 aliphatic heterocycles. The molecule has 0 aromatic carbocycles. The summed E-state index contributed by atoms with van der Waals surface area (Å²) < 4.78 is 34.8. The number of nitrogens with zero attached hydrogens (tertiary/aromatic N) is 1. The van der Waals surface area contributed by atoms with E-state index in [1.165, 1.54) is 360 Å². The van der Waals surface area contributed by atoms with Gasteiger partial charge < -0.3 is 18.9 Å². The van der Waals surface area contributed by atoms with Crippen LogP contribution < -0.4 is 0 Å². The summed E-state index contributed by atoms with van der Waals surface area (Å²) in [5.41, 5.74) is 0. The van der Waals surface area contributed by atoms with Crippen molar-refractivity contribution in [1.29, 1.82) is 0 Å². The van der Waals surface area contributed by atoms with E-state index in [1.807, 2.05) is 21.1 Å². The fourth-order valence-electron chi connectivity index (χ4n) is 12.3. The van der Waals surface area contributed by atoms with Crippen LogP contribution in [0.3, 0.4) is 0 Å². The molecule has 0 saturated heterocycles. The maximum atomic E-state index is 12.9. The van der Waals surface area contributed by atoms with Crippen molar-refractivity contribution in [3.8, 4) is 0 Å². The highest BCUT2D eigenvalue weighted by atomic mass is 31.2. The van der Waals surface area contributed by atoms with Gasteiger partial charge in [-0.2, -0.15) is 0 Å². The predicted molar refractivity (Wildman–Crippen MR) is 381 cm³/mol. The van der Waals surface area contributed by atoms with Crippen LogP contribution in [0.5, 0.6) is 0 Å². The number of esters is 2. The minimum absolute atomic E-state index is 0.0371. The molecule has 0 radical (unpaired) electrons. The second-order valence-electron chi connectivity index (χ2n) is 28.5. The summed E-state index contributed by atoms with van der Waals surface area (Å²) in [7, 11) is 1.51. The summed E-state index contributed by atoms with van der Waals surface area (Å²) in [5, 5.41) is 0. The van der Waals surface area contributed by atoms with E-state index in [0.29, 0.717) is 17.4 Å². The van der Waals surface area contributed by atoms with E-state index in [1.54, 1.807) is 0 Å². The lowest BCUT2D eigenvalue weighted by molar-refractivity contribution is -0.870. The first kappa shape index (κ1) is 86.8. The van der Waals surface area contributed by atoms with Gasteiger partial charge in [0.05, 0.1) is 27.7 Å². The first-order valence-corrected chi connectivity index (χ1v) is 40.9. The molecule has 0 amide bonds. The van der Waals surface area contributed by atoms with Gasteiger partial charge in [-0.1, -0.05) is 386 Å². The van der Waals surface area contributed by atoms with Gasteiger partial charge in [0, 0.05) is 12.8 Å². The zero-order chi connectivity index (χ0) is 64.1. The van der Waals surface area contributed by atoms with Crippen molar-refractivity contribution >= 4 is 19.8 Å². The summed E-state index contributed by atoms with van der Waals surface area (Å²) in [4.78, 5) is 35.9. The summed E-state index contributed by atoms with van der Waals surface area (Å²) in [6, 6.07) is 0. The minimum atomic E-state index is -4.39. The number of rotatable bonds is 75.